The Balaban J connectivity index is 1.65. The smallest absolute Gasteiger partial charge is 0.262 e. The molecule has 0 saturated carbocycles. The fraction of sp³-hybridized carbons (Fsp3) is 0.125. The molecule has 0 atom stereocenters. The predicted octanol–water partition coefficient (Wildman–Crippen LogP) is 5.64. The van der Waals surface area contributed by atoms with Crippen molar-refractivity contribution in [3.63, 3.8) is 0 Å². The highest BCUT2D eigenvalue weighted by molar-refractivity contribution is 7.22. The standard InChI is InChI=1S/C24H20N4OS/c1-15-9-10-16(2)22-21(15)27-24(30-22)28(14-17-6-5-11-25-12-17)23(29)19-13-26-20-8-4-3-7-18(19)20/h3-13,26H,14H2,1-2H3. The number of aromatic amines is 1. The molecule has 3 aromatic heterocycles. The van der Waals surface area contributed by atoms with Gasteiger partial charge in [0.05, 0.1) is 22.3 Å². The minimum Gasteiger partial charge on any atom is -0.360 e. The lowest BCUT2D eigenvalue weighted by Crippen LogP contribution is -2.30. The third-order valence-corrected chi connectivity index (χ3v) is 6.50. The number of aromatic nitrogens is 3. The zero-order valence-corrected chi connectivity index (χ0v) is 17.5. The van der Waals surface area contributed by atoms with Gasteiger partial charge in [-0.05, 0) is 42.7 Å². The molecule has 148 valence electrons. The first-order valence-corrected chi connectivity index (χ1v) is 10.6. The van der Waals surface area contributed by atoms with Crippen LogP contribution in [0.2, 0.25) is 0 Å². The molecule has 0 aliphatic rings. The van der Waals surface area contributed by atoms with Crippen molar-refractivity contribution in [1.29, 1.82) is 0 Å². The molecule has 5 nitrogen and oxygen atoms in total. The quantitative estimate of drug-likeness (QED) is 0.416. The summed E-state index contributed by atoms with van der Waals surface area (Å²) in [5.41, 5.74) is 5.77. The van der Waals surface area contributed by atoms with Crippen LogP contribution in [-0.2, 0) is 6.54 Å². The highest BCUT2D eigenvalue weighted by Crippen LogP contribution is 2.35. The first-order chi connectivity index (χ1) is 14.6. The summed E-state index contributed by atoms with van der Waals surface area (Å²) in [6, 6.07) is 15.9. The molecule has 0 aliphatic heterocycles. The fourth-order valence-corrected chi connectivity index (χ4v) is 4.77. The Morgan fingerprint density at radius 3 is 2.70 bits per heavy atom. The summed E-state index contributed by atoms with van der Waals surface area (Å²) in [4.78, 5) is 27.8. The molecule has 5 rings (SSSR count). The molecule has 2 aromatic carbocycles. The summed E-state index contributed by atoms with van der Waals surface area (Å²) in [5, 5.41) is 1.61. The van der Waals surface area contributed by atoms with Gasteiger partial charge in [0.1, 0.15) is 0 Å². The van der Waals surface area contributed by atoms with E-state index in [1.807, 2.05) is 36.4 Å². The van der Waals surface area contributed by atoms with Crippen molar-refractivity contribution < 1.29 is 4.79 Å². The molecule has 0 aliphatic carbocycles. The maximum atomic E-state index is 13.7. The number of hydrogen-bond donors (Lipinski definition) is 1. The number of pyridine rings is 1. The molecule has 1 amide bonds. The van der Waals surface area contributed by atoms with Crippen molar-refractivity contribution in [2.24, 2.45) is 0 Å². The number of carbonyl (C=O) groups excluding carboxylic acids is 1. The number of thiazole rings is 1. The largest absolute Gasteiger partial charge is 0.360 e. The van der Waals surface area contributed by atoms with Crippen LogP contribution in [0.5, 0.6) is 0 Å². The van der Waals surface area contributed by atoms with Crippen LogP contribution in [0.4, 0.5) is 5.13 Å². The van der Waals surface area contributed by atoms with E-state index in [9.17, 15) is 4.79 Å². The number of H-pyrrole nitrogens is 1. The van der Waals surface area contributed by atoms with Crippen molar-refractivity contribution in [2.75, 3.05) is 4.90 Å². The van der Waals surface area contributed by atoms with E-state index in [1.54, 1.807) is 34.8 Å². The SMILES string of the molecule is Cc1ccc(C)c2sc(N(Cc3cccnc3)C(=O)c3c[nH]c4ccccc34)nc12. The normalized spacial score (nSPS) is 11.3. The van der Waals surface area contributed by atoms with Crippen LogP contribution in [0.15, 0.2) is 67.1 Å². The van der Waals surface area contributed by atoms with Gasteiger partial charge in [-0.2, -0.15) is 0 Å². The number of rotatable bonds is 4. The number of nitrogens with zero attached hydrogens (tertiary/aromatic N) is 3. The highest BCUT2D eigenvalue weighted by Gasteiger charge is 2.24. The lowest BCUT2D eigenvalue weighted by molar-refractivity contribution is 0.0986. The Labute approximate surface area is 178 Å². The van der Waals surface area contributed by atoms with E-state index >= 15 is 0 Å². The predicted molar refractivity (Wildman–Crippen MR) is 122 cm³/mol. The van der Waals surface area contributed by atoms with Gasteiger partial charge in [-0.1, -0.05) is 47.7 Å². The first-order valence-electron chi connectivity index (χ1n) is 9.75. The Morgan fingerprint density at radius 2 is 1.90 bits per heavy atom. The summed E-state index contributed by atoms with van der Waals surface area (Å²) >= 11 is 1.56. The molecule has 30 heavy (non-hydrogen) atoms. The van der Waals surface area contributed by atoms with Gasteiger partial charge in [0.25, 0.3) is 5.91 Å². The minimum atomic E-state index is -0.0781. The van der Waals surface area contributed by atoms with Crippen molar-refractivity contribution >= 4 is 43.5 Å². The van der Waals surface area contributed by atoms with E-state index in [0.29, 0.717) is 17.2 Å². The van der Waals surface area contributed by atoms with Crippen LogP contribution < -0.4 is 4.90 Å². The minimum absolute atomic E-state index is 0.0781. The molecule has 3 heterocycles. The third kappa shape index (κ3) is 3.15. The lowest BCUT2D eigenvalue weighted by atomic mass is 10.1. The Morgan fingerprint density at radius 1 is 1.07 bits per heavy atom. The van der Waals surface area contributed by atoms with E-state index in [1.165, 1.54) is 5.56 Å². The van der Waals surface area contributed by atoms with Crippen LogP contribution in [0.1, 0.15) is 27.0 Å². The highest BCUT2D eigenvalue weighted by atomic mass is 32.1. The van der Waals surface area contributed by atoms with Crippen LogP contribution in [-0.4, -0.2) is 20.9 Å². The Kier molecular flexibility index (Phi) is 4.56. The van der Waals surface area contributed by atoms with Gasteiger partial charge in [-0.3, -0.25) is 14.7 Å². The number of anilines is 1. The number of benzene rings is 2. The zero-order chi connectivity index (χ0) is 20.7. The molecule has 6 heteroatoms. The van der Waals surface area contributed by atoms with Gasteiger partial charge < -0.3 is 4.98 Å². The van der Waals surface area contributed by atoms with Gasteiger partial charge in [0, 0.05) is 29.5 Å². The van der Waals surface area contributed by atoms with Gasteiger partial charge in [0.2, 0.25) is 0 Å². The average molecular weight is 413 g/mol. The van der Waals surface area contributed by atoms with E-state index in [0.717, 1.165) is 32.2 Å². The number of aryl methyl sites for hydroxylation is 2. The summed E-state index contributed by atoms with van der Waals surface area (Å²) in [7, 11) is 0. The second-order valence-electron chi connectivity index (χ2n) is 7.37. The Bertz CT molecular complexity index is 1330. The number of hydrogen-bond acceptors (Lipinski definition) is 4. The van der Waals surface area contributed by atoms with Crippen molar-refractivity contribution in [3.8, 4) is 0 Å². The van der Waals surface area contributed by atoms with Crippen LogP contribution in [0, 0.1) is 13.8 Å². The first kappa shape index (κ1) is 18.5. The molecule has 0 radical (unpaired) electrons. The molecule has 5 aromatic rings. The van der Waals surface area contributed by atoms with Gasteiger partial charge in [-0.15, -0.1) is 0 Å². The number of fused-ring (bicyclic) bond motifs is 2. The molecule has 0 saturated heterocycles. The summed E-state index contributed by atoms with van der Waals surface area (Å²) < 4.78 is 1.12. The zero-order valence-electron chi connectivity index (χ0n) is 16.7. The van der Waals surface area contributed by atoms with Crippen LogP contribution in [0.25, 0.3) is 21.1 Å². The van der Waals surface area contributed by atoms with Crippen LogP contribution >= 0.6 is 11.3 Å². The molecular weight excluding hydrogens is 392 g/mol. The van der Waals surface area contributed by atoms with Crippen molar-refractivity contribution in [1.82, 2.24) is 15.0 Å². The molecular formula is C24H20N4OS. The monoisotopic (exact) mass is 412 g/mol. The van der Waals surface area contributed by atoms with Gasteiger partial charge in [-0.25, -0.2) is 4.98 Å². The molecule has 0 unspecified atom stereocenters. The number of nitrogens with one attached hydrogen (secondary N) is 1. The number of para-hydroxylation sites is 1. The lowest BCUT2D eigenvalue weighted by Gasteiger charge is -2.19. The summed E-state index contributed by atoms with van der Waals surface area (Å²) in [5.74, 6) is -0.0781. The van der Waals surface area contributed by atoms with Gasteiger partial charge in [0.15, 0.2) is 5.13 Å². The van der Waals surface area contributed by atoms with Crippen molar-refractivity contribution in [3.05, 3.63) is 89.4 Å². The van der Waals surface area contributed by atoms with Crippen molar-refractivity contribution in [2.45, 2.75) is 20.4 Å². The average Bonchev–Trinajstić information content (AvgIpc) is 3.40. The molecule has 0 bridgehead atoms. The second-order valence-corrected chi connectivity index (χ2v) is 8.35. The third-order valence-electron chi connectivity index (χ3n) is 5.29. The molecule has 0 fully saturated rings. The molecule has 0 spiro atoms. The number of carbonyl (C=O) groups is 1. The molecule has 1 N–H and O–H groups in total. The maximum absolute atomic E-state index is 13.7. The fourth-order valence-electron chi connectivity index (χ4n) is 3.66. The topological polar surface area (TPSA) is 61.9 Å². The maximum Gasteiger partial charge on any atom is 0.262 e. The summed E-state index contributed by atoms with van der Waals surface area (Å²) in [6.45, 7) is 4.54. The van der Waals surface area contributed by atoms with Gasteiger partial charge >= 0.3 is 0 Å². The number of amides is 1. The second kappa shape index (κ2) is 7.39. The van der Waals surface area contributed by atoms with E-state index in [-0.39, 0.29) is 5.91 Å². The van der Waals surface area contributed by atoms with E-state index < -0.39 is 0 Å². The summed E-state index contributed by atoms with van der Waals surface area (Å²) in [6.07, 6.45) is 5.31. The van der Waals surface area contributed by atoms with Crippen LogP contribution in [0.3, 0.4) is 0 Å². The van der Waals surface area contributed by atoms with E-state index in [2.05, 4.69) is 35.9 Å². The van der Waals surface area contributed by atoms with E-state index in [4.69, 9.17) is 4.98 Å². The Hall–Kier alpha value is -3.51.